The first-order valence-corrected chi connectivity index (χ1v) is 8.57. The summed E-state index contributed by atoms with van der Waals surface area (Å²) in [6, 6.07) is 12.3. The average molecular weight is 355 g/mol. The number of benzene rings is 2. The van der Waals surface area contributed by atoms with Gasteiger partial charge in [-0.3, -0.25) is 4.79 Å². The highest BCUT2D eigenvalue weighted by Gasteiger charge is 2.33. The minimum atomic E-state index is -0.454. The molecule has 1 amide bonds. The summed E-state index contributed by atoms with van der Waals surface area (Å²) < 4.78 is 23.8. The molecule has 1 fully saturated rings. The van der Waals surface area contributed by atoms with Gasteiger partial charge in [-0.2, -0.15) is 0 Å². The highest BCUT2D eigenvalue weighted by molar-refractivity contribution is 5.92. The number of nitrogens with one attached hydrogen (secondary N) is 1. The van der Waals surface area contributed by atoms with Gasteiger partial charge in [0.05, 0.1) is 20.3 Å². The molecule has 136 valence electrons. The molecule has 4 nitrogen and oxygen atoms in total. The summed E-state index contributed by atoms with van der Waals surface area (Å²) in [5.74, 6) is 0.772. The van der Waals surface area contributed by atoms with Crippen LogP contribution in [-0.2, 0) is 4.79 Å². The van der Waals surface area contributed by atoms with Gasteiger partial charge in [0.1, 0.15) is 5.75 Å². The van der Waals surface area contributed by atoms with Gasteiger partial charge in [0.25, 0.3) is 0 Å². The molecule has 2 aromatic carbocycles. The lowest BCUT2D eigenvalue weighted by Crippen LogP contribution is -2.28. The molecule has 0 aliphatic heterocycles. The summed E-state index contributed by atoms with van der Waals surface area (Å²) in [5, 5.41) is 3.06. The van der Waals surface area contributed by atoms with Crippen LogP contribution >= 0.6 is 0 Å². The van der Waals surface area contributed by atoms with E-state index < -0.39 is 5.82 Å². The van der Waals surface area contributed by atoms with Gasteiger partial charge in [0.2, 0.25) is 5.91 Å². The van der Waals surface area contributed by atoms with Crippen LogP contribution in [0.15, 0.2) is 48.5 Å². The highest BCUT2D eigenvalue weighted by atomic mass is 19.1. The van der Waals surface area contributed by atoms with Crippen LogP contribution in [0, 0.1) is 11.7 Å². The molecule has 0 spiro atoms. The zero-order valence-electron chi connectivity index (χ0n) is 14.9. The molecule has 3 rings (SSSR count). The number of halogens is 1. The smallest absolute Gasteiger partial charge is 0.244 e. The van der Waals surface area contributed by atoms with E-state index in [1.165, 1.54) is 25.3 Å². The Morgan fingerprint density at radius 2 is 1.88 bits per heavy atom. The SMILES string of the molecule is COc1ccc(C(NC(=O)/C=C/c2ccc(OC)c(F)c2)C2CC2)cc1. The number of hydrogen-bond donors (Lipinski definition) is 1. The fourth-order valence-corrected chi connectivity index (χ4v) is 2.87. The van der Waals surface area contributed by atoms with Crippen molar-refractivity contribution in [2.75, 3.05) is 14.2 Å². The van der Waals surface area contributed by atoms with Crippen molar-refractivity contribution in [3.05, 3.63) is 65.5 Å². The second-order valence-corrected chi connectivity index (χ2v) is 6.32. The van der Waals surface area contributed by atoms with Gasteiger partial charge in [0, 0.05) is 6.08 Å². The normalized spacial score (nSPS) is 14.9. The molecule has 26 heavy (non-hydrogen) atoms. The lowest BCUT2D eigenvalue weighted by atomic mass is 10.0. The summed E-state index contributed by atoms with van der Waals surface area (Å²) in [5.41, 5.74) is 1.66. The Morgan fingerprint density at radius 1 is 1.15 bits per heavy atom. The lowest BCUT2D eigenvalue weighted by Gasteiger charge is -2.18. The van der Waals surface area contributed by atoms with Crippen LogP contribution in [-0.4, -0.2) is 20.1 Å². The molecule has 1 atom stereocenters. The lowest BCUT2D eigenvalue weighted by molar-refractivity contribution is -0.117. The summed E-state index contributed by atoms with van der Waals surface area (Å²) in [6.07, 6.45) is 5.23. The Labute approximate surface area is 152 Å². The summed E-state index contributed by atoms with van der Waals surface area (Å²) in [7, 11) is 3.04. The van der Waals surface area contributed by atoms with Gasteiger partial charge >= 0.3 is 0 Å². The van der Waals surface area contributed by atoms with Crippen molar-refractivity contribution in [2.45, 2.75) is 18.9 Å². The molecule has 1 saturated carbocycles. The van der Waals surface area contributed by atoms with Crippen molar-refractivity contribution < 1.29 is 18.7 Å². The molecule has 1 unspecified atom stereocenters. The van der Waals surface area contributed by atoms with E-state index in [9.17, 15) is 9.18 Å². The van der Waals surface area contributed by atoms with Gasteiger partial charge in [-0.15, -0.1) is 0 Å². The molecule has 1 N–H and O–H groups in total. The Balaban J connectivity index is 1.67. The predicted octanol–water partition coefficient (Wildman–Crippen LogP) is 4.12. The first kappa shape index (κ1) is 18.0. The van der Waals surface area contributed by atoms with E-state index in [2.05, 4.69) is 5.32 Å². The zero-order chi connectivity index (χ0) is 18.5. The molecule has 1 aliphatic carbocycles. The van der Waals surface area contributed by atoms with Crippen LogP contribution in [0.25, 0.3) is 6.08 Å². The van der Waals surface area contributed by atoms with Crippen LogP contribution in [0.5, 0.6) is 11.5 Å². The number of methoxy groups -OCH3 is 2. The number of ether oxygens (including phenoxy) is 2. The molecule has 5 heteroatoms. The zero-order valence-corrected chi connectivity index (χ0v) is 14.9. The largest absolute Gasteiger partial charge is 0.497 e. The van der Waals surface area contributed by atoms with Crippen LogP contribution in [0.3, 0.4) is 0 Å². The van der Waals surface area contributed by atoms with E-state index in [0.717, 1.165) is 24.2 Å². The topological polar surface area (TPSA) is 47.6 Å². The van der Waals surface area contributed by atoms with E-state index >= 15 is 0 Å². The molecule has 0 radical (unpaired) electrons. The molecule has 0 aromatic heterocycles. The number of hydrogen-bond acceptors (Lipinski definition) is 3. The molecule has 0 heterocycles. The van der Waals surface area contributed by atoms with Crippen LogP contribution in [0.2, 0.25) is 0 Å². The molecular formula is C21H22FNO3. The van der Waals surface area contributed by atoms with Crippen molar-refractivity contribution in [1.82, 2.24) is 5.32 Å². The predicted molar refractivity (Wildman–Crippen MR) is 98.6 cm³/mol. The van der Waals surface area contributed by atoms with Gasteiger partial charge in [0.15, 0.2) is 11.6 Å². The fourth-order valence-electron chi connectivity index (χ4n) is 2.87. The van der Waals surface area contributed by atoms with Crippen LogP contribution in [0.1, 0.15) is 30.0 Å². The molecule has 0 bridgehead atoms. The van der Waals surface area contributed by atoms with Gasteiger partial charge in [-0.05, 0) is 60.2 Å². The number of amides is 1. The van der Waals surface area contributed by atoms with E-state index in [1.807, 2.05) is 24.3 Å². The third-order valence-electron chi connectivity index (χ3n) is 4.47. The summed E-state index contributed by atoms with van der Waals surface area (Å²) in [6.45, 7) is 0. The first-order chi connectivity index (χ1) is 12.6. The van der Waals surface area contributed by atoms with Crippen molar-refractivity contribution >= 4 is 12.0 Å². The van der Waals surface area contributed by atoms with Gasteiger partial charge in [-0.1, -0.05) is 18.2 Å². The molecule has 2 aromatic rings. The average Bonchev–Trinajstić information content (AvgIpc) is 3.50. The fraction of sp³-hybridized carbons (Fsp3) is 0.286. The maximum Gasteiger partial charge on any atom is 0.244 e. The Hall–Kier alpha value is -2.82. The van der Waals surface area contributed by atoms with Gasteiger partial charge in [-0.25, -0.2) is 4.39 Å². The minimum absolute atomic E-state index is 0.0225. The summed E-state index contributed by atoms with van der Waals surface area (Å²) >= 11 is 0. The van der Waals surface area contributed by atoms with Crippen LogP contribution < -0.4 is 14.8 Å². The number of carbonyl (C=O) groups excluding carboxylic acids is 1. The third-order valence-corrected chi connectivity index (χ3v) is 4.47. The Bertz CT molecular complexity index is 797. The maximum absolute atomic E-state index is 13.7. The first-order valence-electron chi connectivity index (χ1n) is 8.57. The second kappa shape index (κ2) is 8.04. The monoisotopic (exact) mass is 355 g/mol. The molecular weight excluding hydrogens is 333 g/mol. The molecule has 0 saturated heterocycles. The van der Waals surface area contributed by atoms with Crippen molar-refractivity contribution in [3.63, 3.8) is 0 Å². The van der Waals surface area contributed by atoms with E-state index in [0.29, 0.717) is 11.5 Å². The standard InChI is InChI=1S/C21H22FNO3/c1-25-17-9-7-16(8-10-17)21(15-5-6-15)23-20(24)12-4-14-3-11-19(26-2)18(22)13-14/h3-4,7-13,15,21H,5-6H2,1-2H3,(H,23,24)/b12-4+. The third kappa shape index (κ3) is 4.42. The maximum atomic E-state index is 13.7. The van der Waals surface area contributed by atoms with E-state index in [4.69, 9.17) is 9.47 Å². The minimum Gasteiger partial charge on any atom is -0.497 e. The number of carbonyl (C=O) groups is 1. The molecule has 1 aliphatic rings. The van der Waals surface area contributed by atoms with E-state index in [-0.39, 0.29) is 17.7 Å². The van der Waals surface area contributed by atoms with Crippen molar-refractivity contribution in [1.29, 1.82) is 0 Å². The number of rotatable bonds is 7. The summed E-state index contributed by atoms with van der Waals surface area (Å²) in [4.78, 5) is 12.3. The van der Waals surface area contributed by atoms with Crippen LogP contribution in [0.4, 0.5) is 4.39 Å². The highest BCUT2D eigenvalue weighted by Crippen LogP contribution is 2.41. The van der Waals surface area contributed by atoms with Crippen molar-refractivity contribution in [2.24, 2.45) is 5.92 Å². The second-order valence-electron chi connectivity index (χ2n) is 6.32. The Kier molecular flexibility index (Phi) is 5.56. The quantitative estimate of drug-likeness (QED) is 0.760. The van der Waals surface area contributed by atoms with Crippen molar-refractivity contribution in [3.8, 4) is 11.5 Å². The van der Waals surface area contributed by atoms with E-state index in [1.54, 1.807) is 19.3 Å². The Morgan fingerprint density at radius 3 is 2.46 bits per heavy atom. The van der Waals surface area contributed by atoms with Gasteiger partial charge < -0.3 is 14.8 Å².